The van der Waals surface area contributed by atoms with Crippen LogP contribution in [0.1, 0.15) is 6.92 Å². The number of carbonyl (C=O) groups is 1. The van der Waals surface area contributed by atoms with Crippen LogP contribution in [0.25, 0.3) is 11.4 Å². The maximum absolute atomic E-state index is 11.5. The Hall–Kier alpha value is -2.37. The monoisotopic (exact) mass is 248 g/mol. The highest BCUT2D eigenvalue weighted by Crippen LogP contribution is 2.14. The standard InChI is InChI=1S/C12H12N2O4/c1-2-17-10(15)8-14-11(13-18-12(14)16)9-6-4-3-5-7-9/h3-7H,2,8H2,1H3. The Morgan fingerprint density at radius 3 is 2.78 bits per heavy atom. The zero-order valence-electron chi connectivity index (χ0n) is 9.83. The molecule has 0 spiro atoms. The summed E-state index contributed by atoms with van der Waals surface area (Å²) in [5, 5.41) is 3.67. The van der Waals surface area contributed by atoms with E-state index < -0.39 is 11.7 Å². The first-order chi connectivity index (χ1) is 8.72. The fourth-order valence-corrected chi connectivity index (χ4v) is 1.54. The van der Waals surface area contributed by atoms with Crippen molar-refractivity contribution < 1.29 is 14.1 Å². The molecule has 1 aromatic carbocycles. The maximum Gasteiger partial charge on any atom is 0.442 e. The molecule has 0 amide bonds. The Balaban J connectivity index is 2.34. The van der Waals surface area contributed by atoms with Crippen LogP contribution in [-0.2, 0) is 16.1 Å². The summed E-state index contributed by atoms with van der Waals surface area (Å²) in [4.78, 5) is 22.9. The lowest BCUT2D eigenvalue weighted by molar-refractivity contribution is -0.143. The van der Waals surface area contributed by atoms with Gasteiger partial charge in [0.1, 0.15) is 6.54 Å². The van der Waals surface area contributed by atoms with Crippen LogP contribution < -0.4 is 5.76 Å². The molecule has 0 fully saturated rings. The van der Waals surface area contributed by atoms with Gasteiger partial charge in [0.2, 0.25) is 0 Å². The van der Waals surface area contributed by atoms with Gasteiger partial charge in [0, 0.05) is 5.56 Å². The summed E-state index contributed by atoms with van der Waals surface area (Å²) >= 11 is 0. The van der Waals surface area contributed by atoms with Gasteiger partial charge in [-0.3, -0.25) is 9.32 Å². The first-order valence-corrected chi connectivity index (χ1v) is 5.50. The number of hydrogen-bond donors (Lipinski definition) is 0. The lowest BCUT2D eigenvalue weighted by Gasteiger charge is -2.04. The van der Waals surface area contributed by atoms with Crippen molar-refractivity contribution >= 4 is 5.97 Å². The van der Waals surface area contributed by atoms with Crippen LogP contribution in [0.5, 0.6) is 0 Å². The summed E-state index contributed by atoms with van der Waals surface area (Å²) in [6.45, 7) is 1.76. The van der Waals surface area contributed by atoms with E-state index in [0.717, 1.165) is 4.57 Å². The van der Waals surface area contributed by atoms with Gasteiger partial charge in [-0.05, 0) is 6.92 Å². The zero-order valence-corrected chi connectivity index (χ0v) is 9.83. The smallest absolute Gasteiger partial charge is 0.442 e. The van der Waals surface area contributed by atoms with E-state index in [1.165, 1.54) is 0 Å². The molecule has 2 aromatic rings. The molecule has 18 heavy (non-hydrogen) atoms. The summed E-state index contributed by atoms with van der Waals surface area (Å²) in [7, 11) is 0. The Morgan fingerprint density at radius 1 is 1.39 bits per heavy atom. The largest absolute Gasteiger partial charge is 0.465 e. The number of ether oxygens (including phenoxy) is 1. The van der Waals surface area contributed by atoms with Gasteiger partial charge in [0.15, 0.2) is 5.82 Å². The Bertz CT molecular complexity index is 586. The second kappa shape index (κ2) is 5.31. The minimum absolute atomic E-state index is 0.208. The molecule has 0 atom stereocenters. The molecule has 1 aromatic heterocycles. The highest BCUT2D eigenvalue weighted by molar-refractivity contribution is 5.70. The third-order valence-corrected chi connectivity index (χ3v) is 2.31. The van der Waals surface area contributed by atoms with E-state index in [1.54, 1.807) is 19.1 Å². The van der Waals surface area contributed by atoms with Crippen molar-refractivity contribution in [2.75, 3.05) is 6.61 Å². The molecule has 94 valence electrons. The van der Waals surface area contributed by atoms with Crippen molar-refractivity contribution in [2.24, 2.45) is 0 Å². The third kappa shape index (κ3) is 2.48. The predicted octanol–water partition coefficient (Wildman–Crippen LogP) is 1.07. The van der Waals surface area contributed by atoms with E-state index in [-0.39, 0.29) is 13.2 Å². The minimum Gasteiger partial charge on any atom is -0.465 e. The highest BCUT2D eigenvalue weighted by Gasteiger charge is 2.15. The second-order valence-corrected chi connectivity index (χ2v) is 3.53. The van der Waals surface area contributed by atoms with Gasteiger partial charge in [-0.1, -0.05) is 35.5 Å². The van der Waals surface area contributed by atoms with Gasteiger partial charge in [-0.25, -0.2) is 9.36 Å². The van der Waals surface area contributed by atoms with Crippen molar-refractivity contribution in [3.8, 4) is 11.4 Å². The summed E-state index contributed by atoms with van der Waals surface area (Å²) in [5.74, 6) is -0.865. The van der Waals surface area contributed by atoms with Crippen LogP contribution in [0.3, 0.4) is 0 Å². The van der Waals surface area contributed by atoms with Gasteiger partial charge < -0.3 is 4.74 Å². The van der Waals surface area contributed by atoms with Crippen LogP contribution in [0.2, 0.25) is 0 Å². The Kier molecular flexibility index (Phi) is 3.57. The fourth-order valence-electron chi connectivity index (χ4n) is 1.54. The first kappa shape index (κ1) is 12.1. The highest BCUT2D eigenvalue weighted by atomic mass is 16.5. The molecule has 6 nitrogen and oxygen atoms in total. The van der Waals surface area contributed by atoms with Gasteiger partial charge >= 0.3 is 11.7 Å². The molecule has 0 saturated heterocycles. The molecule has 2 rings (SSSR count). The van der Waals surface area contributed by atoms with Crippen LogP contribution in [-0.4, -0.2) is 22.3 Å². The maximum atomic E-state index is 11.5. The molecule has 0 unspecified atom stereocenters. The average Bonchev–Trinajstić information content (AvgIpc) is 2.73. The zero-order chi connectivity index (χ0) is 13.0. The van der Waals surface area contributed by atoms with E-state index >= 15 is 0 Å². The molecule has 1 heterocycles. The molecule has 0 aliphatic carbocycles. The fraction of sp³-hybridized carbons (Fsp3) is 0.250. The number of carbonyl (C=O) groups excluding carboxylic acids is 1. The second-order valence-electron chi connectivity index (χ2n) is 3.53. The van der Waals surface area contributed by atoms with Crippen molar-refractivity contribution in [1.29, 1.82) is 0 Å². The summed E-state index contributed by atoms with van der Waals surface area (Å²) < 4.78 is 10.5. The molecule has 6 heteroatoms. The molecular weight excluding hydrogens is 236 g/mol. The number of rotatable bonds is 4. The molecule has 0 saturated carbocycles. The lowest BCUT2D eigenvalue weighted by atomic mass is 10.2. The number of esters is 1. The van der Waals surface area contributed by atoms with Crippen LogP contribution in [0.15, 0.2) is 39.6 Å². The van der Waals surface area contributed by atoms with E-state index in [9.17, 15) is 9.59 Å². The number of hydrogen-bond acceptors (Lipinski definition) is 5. The van der Waals surface area contributed by atoms with E-state index in [0.29, 0.717) is 11.4 Å². The van der Waals surface area contributed by atoms with Crippen molar-refractivity contribution in [1.82, 2.24) is 9.72 Å². The third-order valence-electron chi connectivity index (χ3n) is 2.31. The van der Waals surface area contributed by atoms with Gasteiger partial charge in [-0.15, -0.1) is 0 Å². The van der Waals surface area contributed by atoms with E-state index in [4.69, 9.17) is 4.74 Å². The molecule has 0 bridgehead atoms. The number of nitrogens with zero attached hydrogens (tertiary/aromatic N) is 2. The normalized spacial score (nSPS) is 10.3. The summed E-state index contributed by atoms with van der Waals surface area (Å²) in [6.07, 6.45) is 0. The number of aromatic nitrogens is 2. The van der Waals surface area contributed by atoms with Gasteiger partial charge in [0.05, 0.1) is 6.61 Å². The van der Waals surface area contributed by atoms with Gasteiger partial charge in [-0.2, -0.15) is 0 Å². The summed E-state index contributed by atoms with van der Waals surface area (Å²) in [5.41, 5.74) is 0.702. The first-order valence-electron chi connectivity index (χ1n) is 5.50. The Morgan fingerprint density at radius 2 is 2.11 bits per heavy atom. The van der Waals surface area contributed by atoms with Crippen LogP contribution in [0.4, 0.5) is 0 Å². The SMILES string of the molecule is CCOC(=O)Cn1c(-c2ccccc2)noc1=O. The van der Waals surface area contributed by atoms with Crippen LogP contribution >= 0.6 is 0 Å². The molecule has 0 aliphatic heterocycles. The summed E-state index contributed by atoms with van der Waals surface area (Å²) in [6, 6.07) is 9.02. The quantitative estimate of drug-likeness (QED) is 0.756. The lowest BCUT2D eigenvalue weighted by Crippen LogP contribution is -2.22. The predicted molar refractivity (Wildman–Crippen MR) is 62.8 cm³/mol. The molecule has 0 aliphatic rings. The van der Waals surface area contributed by atoms with E-state index in [2.05, 4.69) is 9.68 Å². The van der Waals surface area contributed by atoms with Crippen molar-refractivity contribution in [2.45, 2.75) is 13.5 Å². The molecule has 0 N–H and O–H groups in total. The minimum atomic E-state index is -0.679. The molecular formula is C12H12N2O4. The van der Waals surface area contributed by atoms with Crippen LogP contribution in [0, 0.1) is 0 Å². The topological polar surface area (TPSA) is 74.3 Å². The average molecular weight is 248 g/mol. The Labute approximate surface area is 103 Å². The molecule has 0 radical (unpaired) electrons. The van der Waals surface area contributed by atoms with Crippen molar-refractivity contribution in [3.63, 3.8) is 0 Å². The number of benzene rings is 1. The van der Waals surface area contributed by atoms with E-state index in [1.807, 2.05) is 18.2 Å². The van der Waals surface area contributed by atoms with Crippen molar-refractivity contribution in [3.05, 3.63) is 40.9 Å². The van der Waals surface area contributed by atoms with Gasteiger partial charge in [0.25, 0.3) is 0 Å².